The molecule has 0 saturated carbocycles. The van der Waals surface area contributed by atoms with Gasteiger partial charge in [-0.1, -0.05) is 17.7 Å². The summed E-state index contributed by atoms with van der Waals surface area (Å²) in [6, 6.07) is 5.43. The summed E-state index contributed by atoms with van der Waals surface area (Å²) in [5, 5.41) is 3.37. The molecule has 0 fully saturated rings. The van der Waals surface area contributed by atoms with E-state index in [-0.39, 0.29) is 18.3 Å². The van der Waals surface area contributed by atoms with E-state index in [9.17, 15) is 4.79 Å². The number of rotatable bonds is 0. The molecule has 1 aromatic carbocycles. The first-order valence-corrected chi connectivity index (χ1v) is 3.72. The maximum Gasteiger partial charge on any atom is 0.228 e. The number of hydrogen-bond acceptors (Lipinski definition) is 1. The van der Waals surface area contributed by atoms with Gasteiger partial charge in [0.1, 0.15) is 0 Å². The topological polar surface area (TPSA) is 29.1 Å². The fraction of sp³-hybridized carbons (Fsp3) is 0.125. The summed E-state index contributed by atoms with van der Waals surface area (Å²) in [6.45, 7) is 0. The number of nitrogens with one attached hydrogen (secondary N) is 1. The molecule has 1 aliphatic heterocycles. The Hall–Kier alpha value is -0.730. The van der Waals surface area contributed by atoms with Crippen molar-refractivity contribution in [1.82, 2.24) is 0 Å². The minimum absolute atomic E-state index is 0. The largest absolute Gasteiger partial charge is 0.325 e. The van der Waals surface area contributed by atoms with Gasteiger partial charge in [0.2, 0.25) is 5.91 Å². The maximum absolute atomic E-state index is 10.9. The van der Waals surface area contributed by atoms with Crippen LogP contribution in [0.5, 0.6) is 0 Å². The average molecular weight is 204 g/mol. The molecule has 2 nitrogen and oxygen atoms in total. The van der Waals surface area contributed by atoms with Crippen LogP contribution in [0.4, 0.5) is 5.69 Å². The van der Waals surface area contributed by atoms with E-state index in [0.29, 0.717) is 11.4 Å². The van der Waals surface area contributed by atoms with Crippen LogP contribution in [-0.4, -0.2) is 5.91 Å². The summed E-state index contributed by atoms with van der Waals surface area (Å²) in [7, 11) is 0. The van der Waals surface area contributed by atoms with Crippen LogP contribution in [0.3, 0.4) is 0 Å². The molecular formula is C8H7Cl2NO. The molecule has 64 valence electrons. The minimum Gasteiger partial charge on any atom is -0.325 e. The van der Waals surface area contributed by atoms with Gasteiger partial charge in [0.05, 0.1) is 6.42 Å². The molecule has 0 aliphatic carbocycles. The molecule has 4 heteroatoms. The molecule has 2 rings (SSSR count). The first-order chi connectivity index (χ1) is 5.25. The third-order valence-electron chi connectivity index (χ3n) is 1.70. The number of anilines is 1. The number of amides is 1. The third kappa shape index (κ3) is 1.54. The zero-order valence-corrected chi connectivity index (χ0v) is 7.71. The lowest BCUT2D eigenvalue weighted by atomic mass is 10.2. The predicted octanol–water partition coefficient (Wildman–Crippen LogP) is 2.26. The van der Waals surface area contributed by atoms with Crippen molar-refractivity contribution >= 4 is 35.6 Å². The molecule has 0 radical (unpaired) electrons. The molecule has 0 saturated heterocycles. The molecule has 12 heavy (non-hydrogen) atoms. The van der Waals surface area contributed by atoms with Gasteiger partial charge in [-0.25, -0.2) is 0 Å². The van der Waals surface area contributed by atoms with Crippen LogP contribution in [0.1, 0.15) is 5.56 Å². The summed E-state index contributed by atoms with van der Waals surface area (Å²) in [5.74, 6) is 0.0438. The van der Waals surface area contributed by atoms with Crippen molar-refractivity contribution in [3.63, 3.8) is 0 Å². The zero-order valence-electron chi connectivity index (χ0n) is 6.13. The molecule has 1 N–H and O–H groups in total. The Bertz CT molecular complexity index is 325. The SMILES string of the molecule is Cl.O=C1Cc2ccc(Cl)cc2N1. The maximum atomic E-state index is 10.9. The van der Waals surface area contributed by atoms with E-state index in [1.165, 1.54) is 0 Å². The number of hydrogen-bond donors (Lipinski definition) is 1. The van der Waals surface area contributed by atoms with Crippen LogP contribution in [0.15, 0.2) is 18.2 Å². The fourth-order valence-electron chi connectivity index (χ4n) is 1.19. The highest BCUT2D eigenvalue weighted by molar-refractivity contribution is 6.31. The van der Waals surface area contributed by atoms with Gasteiger partial charge in [-0.2, -0.15) is 0 Å². The Labute approximate surface area is 81.3 Å². The van der Waals surface area contributed by atoms with E-state index < -0.39 is 0 Å². The highest BCUT2D eigenvalue weighted by atomic mass is 35.5. The van der Waals surface area contributed by atoms with E-state index in [4.69, 9.17) is 11.6 Å². The van der Waals surface area contributed by atoms with Crippen LogP contribution in [-0.2, 0) is 11.2 Å². The second kappa shape index (κ2) is 3.33. The van der Waals surface area contributed by atoms with Crippen molar-refractivity contribution in [2.24, 2.45) is 0 Å². The first kappa shape index (κ1) is 9.36. The van der Waals surface area contributed by atoms with Crippen LogP contribution < -0.4 is 5.32 Å². The van der Waals surface area contributed by atoms with Crippen LogP contribution in [0, 0.1) is 0 Å². The standard InChI is InChI=1S/C8H6ClNO.ClH/c9-6-2-1-5-3-8(11)10-7(5)4-6;/h1-2,4H,3H2,(H,10,11);1H. The summed E-state index contributed by atoms with van der Waals surface area (Å²) < 4.78 is 0. The molecule has 1 aromatic rings. The molecule has 1 aliphatic rings. The van der Waals surface area contributed by atoms with Crippen molar-refractivity contribution in [2.75, 3.05) is 5.32 Å². The summed E-state index contributed by atoms with van der Waals surface area (Å²) in [6.07, 6.45) is 0.479. The summed E-state index contributed by atoms with van der Waals surface area (Å²) in [4.78, 5) is 10.9. The van der Waals surface area contributed by atoms with Gasteiger partial charge >= 0.3 is 0 Å². The van der Waals surface area contributed by atoms with Crippen molar-refractivity contribution in [2.45, 2.75) is 6.42 Å². The number of carbonyl (C=O) groups excluding carboxylic acids is 1. The minimum atomic E-state index is 0. The fourth-order valence-corrected chi connectivity index (χ4v) is 1.36. The van der Waals surface area contributed by atoms with E-state index in [1.54, 1.807) is 12.1 Å². The zero-order chi connectivity index (χ0) is 7.84. The van der Waals surface area contributed by atoms with E-state index in [1.807, 2.05) is 6.07 Å². The lowest BCUT2D eigenvalue weighted by Crippen LogP contribution is -2.03. The van der Waals surface area contributed by atoms with E-state index in [0.717, 1.165) is 11.3 Å². The number of benzene rings is 1. The molecular weight excluding hydrogens is 197 g/mol. The van der Waals surface area contributed by atoms with Gasteiger partial charge in [-0.15, -0.1) is 12.4 Å². The van der Waals surface area contributed by atoms with E-state index in [2.05, 4.69) is 5.32 Å². The average Bonchev–Trinajstić information content (AvgIpc) is 2.27. The van der Waals surface area contributed by atoms with Crippen molar-refractivity contribution in [1.29, 1.82) is 0 Å². The molecule has 1 amide bonds. The van der Waals surface area contributed by atoms with E-state index >= 15 is 0 Å². The van der Waals surface area contributed by atoms with Gasteiger partial charge in [-0.3, -0.25) is 4.79 Å². The Balaban J connectivity index is 0.000000720. The quantitative estimate of drug-likeness (QED) is 0.689. The first-order valence-electron chi connectivity index (χ1n) is 3.34. The highest BCUT2D eigenvalue weighted by Crippen LogP contribution is 2.25. The van der Waals surface area contributed by atoms with Gasteiger partial charge in [-0.05, 0) is 17.7 Å². The molecule has 0 spiro atoms. The van der Waals surface area contributed by atoms with Crippen LogP contribution in [0.2, 0.25) is 5.02 Å². The number of carbonyl (C=O) groups is 1. The van der Waals surface area contributed by atoms with Gasteiger partial charge in [0.15, 0.2) is 0 Å². The smallest absolute Gasteiger partial charge is 0.228 e. The Kier molecular flexibility index (Phi) is 2.60. The molecule has 0 bridgehead atoms. The second-order valence-corrected chi connectivity index (χ2v) is 2.96. The van der Waals surface area contributed by atoms with Crippen molar-refractivity contribution in [3.8, 4) is 0 Å². The second-order valence-electron chi connectivity index (χ2n) is 2.53. The van der Waals surface area contributed by atoms with Gasteiger partial charge in [0.25, 0.3) is 0 Å². The van der Waals surface area contributed by atoms with Crippen LogP contribution >= 0.6 is 24.0 Å². The predicted molar refractivity (Wildman–Crippen MR) is 51.0 cm³/mol. The summed E-state index contributed by atoms with van der Waals surface area (Å²) in [5.41, 5.74) is 1.88. The van der Waals surface area contributed by atoms with Gasteiger partial charge < -0.3 is 5.32 Å². The Morgan fingerprint density at radius 3 is 2.92 bits per heavy atom. The number of halogens is 2. The Morgan fingerprint density at radius 2 is 2.17 bits per heavy atom. The number of fused-ring (bicyclic) bond motifs is 1. The lowest BCUT2D eigenvalue weighted by molar-refractivity contribution is -0.115. The van der Waals surface area contributed by atoms with Crippen LogP contribution in [0.25, 0.3) is 0 Å². The summed E-state index contributed by atoms with van der Waals surface area (Å²) >= 11 is 5.72. The molecule has 0 unspecified atom stereocenters. The normalized spacial score (nSPS) is 13.2. The third-order valence-corrected chi connectivity index (χ3v) is 1.93. The molecule has 0 aromatic heterocycles. The van der Waals surface area contributed by atoms with Crippen molar-refractivity contribution in [3.05, 3.63) is 28.8 Å². The van der Waals surface area contributed by atoms with Crippen molar-refractivity contribution < 1.29 is 4.79 Å². The molecule has 0 atom stereocenters. The Morgan fingerprint density at radius 1 is 1.42 bits per heavy atom. The van der Waals surface area contributed by atoms with Gasteiger partial charge in [0, 0.05) is 10.7 Å². The lowest BCUT2D eigenvalue weighted by Gasteiger charge is -1.96. The molecule has 1 heterocycles. The monoisotopic (exact) mass is 203 g/mol. The highest BCUT2D eigenvalue weighted by Gasteiger charge is 2.16.